The molecule has 2 rings (SSSR count). The van der Waals surface area contributed by atoms with Gasteiger partial charge in [-0.05, 0) is 18.9 Å². The average Bonchev–Trinajstić information content (AvgIpc) is 2.75. The maximum Gasteiger partial charge on any atom is 0.0517 e. The number of hydrogen-bond acceptors (Lipinski definition) is 1. The molecule has 0 aromatic carbocycles. The van der Waals surface area contributed by atoms with Crippen LogP contribution in [0.4, 0.5) is 5.69 Å². The summed E-state index contributed by atoms with van der Waals surface area (Å²) in [6.07, 6.45) is 9.91. The van der Waals surface area contributed by atoms with Crippen molar-refractivity contribution >= 4 is 5.69 Å². The summed E-state index contributed by atoms with van der Waals surface area (Å²) in [6, 6.07) is 2.91. The summed E-state index contributed by atoms with van der Waals surface area (Å²) in [4.78, 5) is 0. The van der Waals surface area contributed by atoms with Crippen molar-refractivity contribution in [1.82, 2.24) is 4.57 Å². The van der Waals surface area contributed by atoms with Crippen LogP contribution in [0.25, 0.3) is 0 Å². The standard InChI is InChI=1S/C10H16N2/c1-11-9-6-7-12(8-9)10-4-2-3-5-10/h6-8,10-11H,2-5H2,1H3. The molecule has 0 radical (unpaired) electrons. The normalized spacial score (nSPS) is 18.4. The van der Waals surface area contributed by atoms with Crippen LogP contribution >= 0.6 is 0 Å². The maximum absolute atomic E-state index is 3.15. The van der Waals surface area contributed by atoms with E-state index in [-0.39, 0.29) is 0 Å². The van der Waals surface area contributed by atoms with E-state index in [9.17, 15) is 0 Å². The summed E-state index contributed by atoms with van der Waals surface area (Å²) >= 11 is 0. The van der Waals surface area contributed by atoms with Gasteiger partial charge in [0.05, 0.1) is 5.69 Å². The van der Waals surface area contributed by atoms with Gasteiger partial charge in [-0.2, -0.15) is 0 Å². The zero-order valence-electron chi connectivity index (χ0n) is 7.59. The summed E-state index contributed by atoms with van der Waals surface area (Å²) in [5, 5.41) is 3.15. The van der Waals surface area contributed by atoms with Crippen LogP contribution in [0.3, 0.4) is 0 Å². The van der Waals surface area contributed by atoms with Gasteiger partial charge in [0.1, 0.15) is 0 Å². The van der Waals surface area contributed by atoms with Crippen LogP contribution in [0.5, 0.6) is 0 Å². The molecule has 1 aromatic rings. The fourth-order valence-corrected chi connectivity index (χ4v) is 1.99. The summed E-state index contributed by atoms with van der Waals surface area (Å²) in [7, 11) is 1.97. The van der Waals surface area contributed by atoms with E-state index in [0.29, 0.717) is 0 Å². The number of anilines is 1. The Morgan fingerprint density at radius 3 is 2.75 bits per heavy atom. The molecule has 1 N–H and O–H groups in total. The van der Waals surface area contributed by atoms with E-state index in [1.165, 1.54) is 31.4 Å². The first-order valence-electron chi connectivity index (χ1n) is 4.75. The number of hydrogen-bond donors (Lipinski definition) is 1. The van der Waals surface area contributed by atoms with Crippen LogP contribution < -0.4 is 5.32 Å². The second-order valence-electron chi connectivity index (χ2n) is 3.54. The third-order valence-corrected chi connectivity index (χ3v) is 2.75. The van der Waals surface area contributed by atoms with Crippen LogP contribution in [0.1, 0.15) is 31.7 Å². The molecule has 0 spiro atoms. The molecule has 1 aliphatic carbocycles. The van der Waals surface area contributed by atoms with Crippen LogP contribution in [-0.2, 0) is 0 Å². The molecule has 12 heavy (non-hydrogen) atoms. The summed E-state index contributed by atoms with van der Waals surface area (Å²) in [5.74, 6) is 0. The van der Waals surface area contributed by atoms with Gasteiger partial charge in [-0.25, -0.2) is 0 Å². The molecule has 66 valence electrons. The second kappa shape index (κ2) is 3.21. The zero-order valence-corrected chi connectivity index (χ0v) is 7.59. The Labute approximate surface area is 73.6 Å². The Morgan fingerprint density at radius 1 is 1.42 bits per heavy atom. The highest BCUT2D eigenvalue weighted by Crippen LogP contribution is 2.30. The van der Waals surface area contributed by atoms with Gasteiger partial charge >= 0.3 is 0 Å². The van der Waals surface area contributed by atoms with Crippen molar-refractivity contribution in [2.45, 2.75) is 31.7 Å². The van der Waals surface area contributed by atoms with E-state index in [1.54, 1.807) is 0 Å². The number of nitrogens with zero attached hydrogens (tertiary/aromatic N) is 1. The molecule has 1 saturated carbocycles. The monoisotopic (exact) mass is 164 g/mol. The van der Waals surface area contributed by atoms with Crippen molar-refractivity contribution < 1.29 is 0 Å². The fraction of sp³-hybridized carbons (Fsp3) is 0.600. The first-order chi connectivity index (χ1) is 5.90. The van der Waals surface area contributed by atoms with Gasteiger partial charge in [0, 0.05) is 25.5 Å². The zero-order chi connectivity index (χ0) is 8.39. The third kappa shape index (κ3) is 1.33. The van der Waals surface area contributed by atoms with E-state index < -0.39 is 0 Å². The Kier molecular flexibility index (Phi) is 2.07. The highest BCUT2D eigenvalue weighted by molar-refractivity contribution is 5.40. The maximum atomic E-state index is 3.15. The first-order valence-corrected chi connectivity index (χ1v) is 4.75. The van der Waals surface area contributed by atoms with Crippen molar-refractivity contribution in [1.29, 1.82) is 0 Å². The van der Waals surface area contributed by atoms with Gasteiger partial charge in [0.25, 0.3) is 0 Å². The average molecular weight is 164 g/mol. The number of aromatic nitrogens is 1. The van der Waals surface area contributed by atoms with Gasteiger partial charge in [-0.1, -0.05) is 12.8 Å². The minimum absolute atomic E-state index is 0.770. The fourth-order valence-electron chi connectivity index (χ4n) is 1.99. The largest absolute Gasteiger partial charge is 0.387 e. The lowest BCUT2D eigenvalue weighted by molar-refractivity contribution is 0.521. The van der Waals surface area contributed by atoms with E-state index in [1.807, 2.05) is 7.05 Å². The van der Waals surface area contributed by atoms with Crippen LogP contribution in [0.2, 0.25) is 0 Å². The molecule has 1 heterocycles. The Hall–Kier alpha value is -0.920. The highest BCUT2D eigenvalue weighted by atomic mass is 15.0. The van der Waals surface area contributed by atoms with E-state index in [2.05, 4.69) is 28.3 Å². The van der Waals surface area contributed by atoms with Crippen molar-refractivity contribution in [3.05, 3.63) is 18.5 Å². The molecule has 0 unspecified atom stereocenters. The lowest BCUT2D eigenvalue weighted by Crippen LogP contribution is -2.00. The molecule has 1 aromatic heterocycles. The SMILES string of the molecule is CNc1ccn(C2CCCC2)c1. The molecule has 2 nitrogen and oxygen atoms in total. The molecular weight excluding hydrogens is 148 g/mol. The molecule has 1 aliphatic rings. The van der Waals surface area contributed by atoms with Gasteiger partial charge in [0.2, 0.25) is 0 Å². The van der Waals surface area contributed by atoms with Crippen LogP contribution in [0.15, 0.2) is 18.5 Å². The predicted molar refractivity (Wildman–Crippen MR) is 51.5 cm³/mol. The smallest absolute Gasteiger partial charge is 0.0517 e. The summed E-state index contributed by atoms with van der Waals surface area (Å²) < 4.78 is 2.35. The Morgan fingerprint density at radius 2 is 2.17 bits per heavy atom. The molecule has 1 fully saturated rings. The summed E-state index contributed by atoms with van der Waals surface area (Å²) in [6.45, 7) is 0. The van der Waals surface area contributed by atoms with Gasteiger partial charge in [-0.15, -0.1) is 0 Å². The van der Waals surface area contributed by atoms with Crippen LogP contribution in [-0.4, -0.2) is 11.6 Å². The Bertz CT molecular complexity index is 246. The van der Waals surface area contributed by atoms with Crippen molar-refractivity contribution in [3.63, 3.8) is 0 Å². The lowest BCUT2D eigenvalue weighted by Gasteiger charge is -2.10. The van der Waals surface area contributed by atoms with Crippen molar-refractivity contribution in [3.8, 4) is 0 Å². The third-order valence-electron chi connectivity index (χ3n) is 2.75. The Balaban J connectivity index is 2.11. The number of nitrogens with one attached hydrogen (secondary N) is 1. The molecular formula is C10H16N2. The molecule has 0 atom stereocenters. The van der Waals surface area contributed by atoms with Gasteiger partial charge < -0.3 is 9.88 Å². The lowest BCUT2D eigenvalue weighted by atomic mass is 10.2. The van der Waals surface area contributed by atoms with Crippen molar-refractivity contribution in [2.24, 2.45) is 0 Å². The molecule has 0 bridgehead atoms. The quantitative estimate of drug-likeness (QED) is 0.711. The van der Waals surface area contributed by atoms with E-state index in [0.717, 1.165) is 6.04 Å². The van der Waals surface area contributed by atoms with Gasteiger partial charge in [0.15, 0.2) is 0 Å². The van der Waals surface area contributed by atoms with E-state index >= 15 is 0 Å². The minimum atomic E-state index is 0.770. The highest BCUT2D eigenvalue weighted by Gasteiger charge is 2.15. The first kappa shape index (κ1) is 7.71. The second-order valence-corrected chi connectivity index (χ2v) is 3.54. The van der Waals surface area contributed by atoms with E-state index in [4.69, 9.17) is 0 Å². The molecule has 0 amide bonds. The number of rotatable bonds is 2. The predicted octanol–water partition coefficient (Wildman–Crippen LogP) is 2.64. The van der Waals surface area contributed by atoms with Gasteiger partial charge in [-0.3, -0.25) is 0 Å². The molecule has 0 aliphatic heterocycles. The summed E-state index contributed by atoms with van der Waals surface area (Å²) in [5.41, 5.74) is 1.22. The van der Waals surface area contributed by atoms with Crippen LogP contribution in [0, 0.1) is 0 Å². The van der Waals surface area contributed by atoms with Crippen molar-refractivity contribution in [2.75, 3.05) is 12.4 Å². The molecule has 0 saturated heterocycles. The topological polar surface area (TPSA) is 17.0 Å². The molecule has 2 heteroatoms. The minimum Gasteiger partial charge on any atom is -0.387 e.